The molecule has 2 unspecified atom stereocenters. The highest BCUT2D eigenvalue weighted by Crippen LogP contribution is 2.40. The second-order valence-corrected chi connectivity index (χ2v) is 5.17. The number of hydrogen-bond donors (Lipinski definition) is 1. The highest BCUT2D eigenvalue weighted by atomic mass is 15.0. The summed E-state index contributed by atoms with van der Waals surface area (Å²) in [6.07, 6.45) is 1.27. The second-order valence-electron chi connectivity index (χ2n) is 5.17. The lowest BCUT2D eigenvalue weighted by molar-refractivity contribution is 0.670. The lowest BCUT2D eigenvalue weighted by Gasteiger charge is -2.07. The van der Waals surface area contributed by atoms with Gasteiger partial charge in [-0.05, 0) is 30.0 Å². The maximum absolute atomic E-state index is 3.66. The van der Waals surface area contributed by atoms with Crippen molar-refractivity contribution in [2.24, 2.45) is 0 Å². The van der Waals surface area contributed by atoms with Crippen molar-refractivity contribution in [2.75, 3.05) is 0 Å². The predicted octanol–water partition coefficient (Wildman–Crippen LogP) is 3.64. The minimum Gasteiger partial charge on any atom is -0.309 e. The molecule has 1 aliphatic carbocycles. The average Bonchev–Trinajstić information content (AvgIpc) is 3.18. The fourth-order valence-electron chi connectivity index (χ4n) is 2.54. The molecule has 1 saturated carbocycles. The van der Waals surface area contributed by atoms with Crippen molar-refractivity contribution in [3.63, 3.8) is 0 Å². The van der Waals surface area contributed by atoms with Crippen LogP contribution in [0, 0.1) is 6.92 Å². The standard InChI is InChI=1S/C17H19N/c1-13-7-5-6-10-15(13)12-18-17-11-16(17)14-8-3-2-4-9-14/h2-10,16-18H,11-12H2,1H3. The van der Waals surface area contributed by atoms with Gasteiger partial charge in [-0.2, -0.15) is 0 Å². The monoisotopic (exact) mass is 237 g/mol. The van der Waals surface area contributed by atoms with Crippen molar-refractivity contribution in [1.82, 2.24) is 5.32 Å². The second kappa shape index (κ2) is 4.95. The van der Waals surface area contributed by atoms with Gasteiger partial charge in [0, 0.05) is 18.5 Å². The Kier molecular flexibility index (Phi) is 3.16. The lowest BCUT2D eigenvalue weighted by atomic mass is 10.1. The van der Waals surface area contributed by atoms with Gasteiger partial charge >= 0.3 is 0 Å². The molecule has 3 rings (SSSR count). The SMILES string of the molecule is Cc1ccccc1CNC1CC1c1ccccc1. The first-order chi connectivity index (χ1) is 8.84. The van der Waals surface area contributed by atoms with E-state index in [2.05, 4.69) is 66.8 Å². The molecule has 1 aliphatic rings. The molecule has 2 aromatic rings. The summed E-state index contributed by atoms with van der Waals surface area (Å²) in [6, 6.07) is 20.1. The molecule has 0 aliphatic heterocycles. The van der Waals surface area contributed by atoms with E-state index in [1.54, 1.807) is 0 Å². The summed E-state index contributed by atoms with van der Waals surface area (Å²) >= 11 is 0. The van der Waals surface area contributed by atoms with Crippen LogP contribution in [-0.2, 0) is 6.54 Å². The molecule has 0 aromatic heterocycles. The molecule has 92 valence electrons. The fraction of sp³-hybridized carbons (Fsp3) is 0.294. The molecule has 0 radical (unpaired) electrons. The Morgan fingerprint density at radius 2 is 1.72 bits per heavy atom. The maximum Gasteiger partial charge on any atom is 0.0210 e. The Hall–Kier alpha value is -1.60. The normalized spacial score (nSPS) is 21.8. The Morgan fingerprint density at radius 3 is 2.50 bits per heavy atom. The van der Waals surface area contributed by atoms with E-state index in [0.29, 0.717) is 6.04 Å². The van der Waals surface area contributed by atoms with E-state index in [-0.39, 0.29) is 0 Å². The van der Waals surface area contributed by atoms with Crippen LogP contribution in [0.3, 0.4) is 0 Å². The van der Waals surface area contributed by atoms with Crippen molar-refractivity contribution in [3.8, 4) is 0 Å². The van der Waals surface area contributed by atoms with Gasteiger partial charge in [0.25, 0.3) is 0 Å². The van der Waals surface area contributed by atoms with Crippen LogP contribution < -0.4 is 5.32 Å². The van der Waals surface area contributed by atoms with E-state index in [9.17, 15) is 0 Å². The van der Waals surface area contributed by atoms with Crippen LogP contribution in [0.15, 0.2) is 54.6 Å². The summed E-state index contributed by atoms with van der Waals surface area (Å²) in [6.45, 7) is 3.17. The van der Waals surface area contributed by atoms with E-state index in [1.807, 2.05) is 0 Å². The Labute approximate surface area is 109 Å². The molecule has 0 bridgehead atoms. The highest BCUT2D eigenvalue weighted by Gasteiger charge is 2.37. The first kappa shape index (κ1) is 11.5. The quantitative estimate of drug-likeness (QED) is 0.856. The molecule has 18 heavy (non-hydrogen) atoms. The van der Waals surface area contributed by atoms with Gasteiger partial charge in [-0.15, -0.1) is 0 Å². The number of rotatable bonds is 4. The molecule has 2 aromatic carbocycles. The number of nitrogens with one attached hydrogen (secondary N) is 1. The third kappa shape index (κ3) is 2.46. The molecular formula is C17H19N. The van der Waals surface area contributed by atoms with E-state index in [0.717, 1.165) is 12.5 Å². The predicted molar refractivity (Wildman–Crippen MR) is 75.6 cm³/mol. The molecule has 1 fully saturated rings. The van der Waals surface area contributed by atoms with Crippen molar-refractivity contribution in [2.45, 2.75) is 31.8 Å². The number of hydrogen-bond acceptors (Lipinski definition) is 1. The zero-order valence-electron chi connectivity index (χ0n) is 10.8. The maximum atomic E-state index is 3.66. The summed E-state index contributed by atoms with van der Waals surface area (Å²) in [4.78, 5) is 0. The highest BCUT2D eigenvalue weighted by molar-refractivity contribution is 5.29. The topological polar surface area (TPSA) is 12.0 Å². The zero-order chi connectivity index (χ0) is 12.4. The molecular weight excluding hydrogens is 218 g/mol. The fourth-order valence-corrected chi connectivity index (χ4v) is 2.54. The van der Waals surface area contributed by atoms with Crippen molar-refractivity contribution < 1.29 is 0 Å². The van der Waals surface area contributed by atoms with Crippen LogP contribution in [0.2, 0.25) is 0 Å². The van der Waals surface area contributed by atoms with Gasteiger partial charge in [-0.1, -0.05) is 54.6 Å². The van der Waals surface area contributed by atoms with Crippen LogP contribution in [0.1, 0.15) is 29.0 Å². The van der Waals surface area contributed by atoms with Crippen LogP contribution in [0.5, 0.6) is 0 Å². The average molecular weight is 237 g/mol. The smallest absolute Gasteiger partial charge is 0.0210 e. The van der Waals surface area contributed by atoms with Gasteiger partial charge in [-0.25, -0.2) is 0 Å². The van der Waals surface area contributed by atoms with Crippen LogP contribution >= 0.6 is 0 Å². The molecule has 0 amide bonds. The largest absolute Gasteiger partial charge is 0.309 e. The Morgan fingerprint density at radius 1 is 1.00 bits per heavy atom. The molecule has 0 heterocycles. The van der Waals surface area contributed by atoms with Crippen molar-refractivity contribution in [3.05, 3.63) is 71.3 Å². The van der Waals surface area contributed by atoms with Gasteiger partial charge < -0.3 is 5.32 Å². The summed E-state index contributed by atoms with van der Waals surface area (Å²) < 4.78 is 0. The number of benzene rings is 2. The molecule has 0 saturated heterocycles. The molecule has 2 atom stereocenters. The molecule has 1 N–H and O–H groups in total. The van der Waals surface area contributed by atoms with Gasteiger partial charge in [0.05, 0.1) is 0 Å². The van der Waals surface area contributed by atoms with Crippen LogP contribution in [-0.4, -0.2) is 6.04 Å². The van der Waals surface area contributed by atoms with E-state index in [1.165, 1.54) is 23.1 Å². The molecule has 1 heteroatoms. The summed E-state index contributed by atoms with van der Waals surface area (Å²) in [7, 11) is 0. The van der Waals surface area contributed by atoms with E-state index >= 15 is 0 Å². The summed E-state index contributed by atoms with van der Waals surface area (Å²) in [5.41, 5.74) is 4.26. The first-order valence-corrected chi connectivity index (χ1v) is 6.67. The van der Waals surface area contributed by atoms with Gasteiger partial charge in [0.15, 0.2) is 0 Å². The molecule has 0 spiro atoms. The third-order valence-corrected chi connectivity index (χ3v) is 3.83. The third-order valence-electron chi connectivity index (χ3n) is 3.83. The minimum absolute atomic E-state index is 0.659. The van der Waals surface area contributed by atoms with Gasteiger partial charge in [0.2, 0.25) is 0 Å². The van der Waals surface area contributed by atoms with Crippen LogP contribution in [0.25, 0.3) is 0 Å². The van der Waals surface area contributed by atoms with E-state index in [4.69, 9.17) is 0 Å². The van der Waals surface area contributed by atoms with E-state index < -0.39 is 0 Å². The number of aryl methyl sites for hydroxylation is 1. The van der Waals surface area contributed by atoms with Gasteiger partial charge in [-0.3, -0.25) is 0 Å². The minimum atomic E-state index is 0.659. The van der Waals surface area contributed by atoms with Crippen LogP contribution in [0.4, 0.5) is 0 Å². The Balaban J connectivity index is 1.56. The van der Waals surface area contributed by atoms with Gasteiger partial charge in [0.1, 0.15) is 0 Å². The first-order valence-electron chi connectivity index (χ1n) is 6.67. The Bertz CT molecular complexity index is 518. The zero-order valence-corrected chi connectivity index (χ0v) is 10.8. The summed E-state index contributed by atoms with van der Waals surface area (Å²) in [5.74, 6) is 0.718. The molecule has 1 nitrogen and oxygen atoms in total. The van der Waals surface area contributed by atoms with Crippen molar-refractivity contribution >= 4 is 0 Å². The summed E-state index contributed by atoms with van der Waals surface area (Å²) in [5, 5.41) is 3.66. The lowest BCUT2D eigenvalue weighted by Crippen LogP contribution is -2.17. The van der Waals surface area contributed by atoms with Crippen molar-refractivity contribution in [1.29, 1.82) is 0 Å².